The Bertz CT molecular complexity index is 2200. The first-order valence-electron chi connectivity index (χ1n) is 20.2. The molecule has 2 fully saturated rings. The summed E-state index contributed by atoms with van der Waals surface area (Å²) in [4.78, 5) is 60.1. The lowest BCUT2D eigenvalue weighted by atomic mass is 9.79. The number of anilines is 1. The quantitative estimate of drug-likeness (QED) is 0.0455. The summed E-state index contributed by atoms with van der Waals surface area (Å²) in [6.45, 7) is 13.7. The molecule has 3 aliphatic heterocycles. The second kappa shape index (κ2) is 17.6. The number of rotatable bonds is 16. The number of carbonyl (C=O) groups is 3. The molecule has 0 bridgehead atoms. The van der Waals surface area contributed by atoms with E-state index in [9.17, 15) is 29.6 Å². The van der Waals surface area contributed by atoms with Crippen molar-refractivity contribution < 1.29 is 33.6 Å². The van der Waals surface area contributed by atoms with Crippen molar-refractivity contribution in [2.75, 3.05) is 24.6 Å². The average molecular weight is 870 g/mol. The summed E-state index contributed by atoms with van der Waals surface area (Å²) in [6.07, 6.45) is -0.199. The van der Waals surface area contributed by atoms with Crippen LogP contribution < -0.4 is 20.6 Å². The average Bonchev–Trinajstić information content (AvgIpc) is 3.79. The molecule has 3 aromatic carbocycles. The Labute approximate surface area is 359 Å². The molecule has 1 aromatic heterocycles. The van der Waals surface area contributed by atoms with Crippen molar-refractivity contribution in [3.05, 3.63) is 122 Å². The van der Waals surface area contributed by atoms with Crippen LogP contribution in [-0.2, 0) is 25.4 Å². The molecule has 2 saturated heterocycles. The van der Waals surface area contributed by atoms with Crippen molar-refractivity contribution in [3.63, 3.8) is 0 Å². The third-order valence-electron chi connectivity index (χ3n) is 11.7. The van der Waals surface area contributed by atoms with Gasteiger partial charge in [-0.3, -0.25) is 19.7 Å². The summed E-state index contributed by atoms with van der Waals surface area (Å²) >= 11 is 2.93. The number of nitro groups is 1. The summed E-state index contributed by atoms with van der Waals surface area (Å²) < 4.78 is 12.8. The van der Waals surface area contributed by atoms with Crippen molar-refractivity contribution in [1.82, 2.24) is 15.2 Å². The minimum atomic E-state index is -2.79. The van der Waals surface area contributed by atoms with E-state index in [4.69, 9.17) is 14.1 Å². The molecule has 2 amide bonds. The Morgan fingerprint density at radius 2 is 1.67 bits per heavy atom. The summed E-state index contributed by atoms with van der Waals surface area (Å²) in [7, 11) is -2.79. The summed E-state index contributed by atoms with van der Waals surface area (Å²) in [5, 5.41) is 29.4. The summed E-state index contributed by atoms with van der Waals surface area (Å²) in [6, 6.07) is 26.0. The Kier molecular flexibility index (Phi) is 12.7. The molecule has 3 aliphatic rings. The highest BCUT2D eigenvalue weighted by Gasteiger charge is 2.60. The number of hydrogen-bond acceptors (Lipinski definition) is 12. The molecular formula is C44H51N5O8S2Si. The molecule has 4 aromatic rings. The number of benzene rings is 3. The number of amides is 2. The van der Waals surface area contributed by atoms with E-state index in [2.05, 4.69) is 79.5 Å². The number of carbonyl (C=O) groups excluding carboxylic acids is 3. The number of non-ortho nitro benzene ring substituents is 1. The van der Waals surface area contributed by atoms with Crippen LogP contribution in [0.25, 0.3) is 0 Å². The van der Waals surface area contributed by atoms with E-state index in [-0.39, 0.29) is 58.1 Å². The second-order valence-electron chi connectivity index (χ2n) is 16.7. The van der Waals surface area contributed by atoms with E-state index < -0.39 is 31.2 Å². The molecular weight excluding hydrogens is 819 g/mol. The first-order chi connectivity index (χ1) is 28.6. The third-order valence-corrected chi connectivity index (χ3v) is 19.1. The Balaban J connectivity index is 0.995. The topological polar surface area (TPSA) is 164 Å². The molecule has 316 valence electrons. The second-order valence-corrected chi connectivity index (χ2v) is 23.2. The Morgan fingerprint density at radius 1 is 1.05 bits per heavy atom. The highest BCUT2D eigenvalue weighted by atomic mass is 32.2. The number of nitrogens with one attached hydrogen (secondary N) is 1. The number of aliphatic hydroxyl groups excluding tert-OH is 1. The molecule has 16 heteroatoms. The lowest BCUT2D eigenvalue weighted by Gasteiger charge is -2.46. The van der Waals surface area contributed by atoms with Crippen molar-refractivity contribution >= 4 is 70.4 Å². The molecule has 0 aliphatic carbocycles. The maximum Gasteiger partial charge on any atom is 0.356 e. The van der Waals surface area contributed by atoms with E-state index in [1.165, 1.54) is 62.6 Å². The van der Waals surface area contributed by atoms with Crippen molar-refractivity contribution in [1.29, 1.82) is 0 Å². The van der Waals surface area contributed by atoms with Gasteiger partial charge in [0.25, 0.3) is 19.9 Å². The lowest BCUT2D eigenvalue weighted by Crippen LogP contribution is -2.67. The molecule has 5 atom stereocenters. The molecule has 0 radical (unpaired) electrons. The molecule has 60 heavy (non-hydrogen) atoms. The fourth-order valence-electron chi connectivity index (χ4n) is 8.47. The maximum absolute atomic E-state index is 13.6. The van der Waals surface area contributed by atoms with Crippen LogP contribution >= 0.6 is 23.1 Å². The number of hydrogen-bond donors (Lipinski definition) is 2. The fourth-order valence-corrected chi connectivity index (χ4v) is 15.4. The molecule has 7 rings (SSSR count). The number of nitro benzene ring substituents is 1. The normalized spacial score (nSPS) is 20.2. The van der Waals surface area contributed by atoms with E-state index in [0.717, 1.165) is 10.0 Å². The van der Waals surface area contributed by atoms with Gasteiger partial charge in [-0.1, -0.05) is 95.3 Å². The molecule has 13 nitrogen and oxygen atoms in total. The monoisotopic (exact) mass is 869 g/mol. The number of ether oxygens (including phenoxy) is 1. The number of nitrogens with zero attached hydrogens (tertiary/aromatic N) is 4. The maximum atomic E-state index is 13.6. The zero-order valence-electron chi connectivity index (χ0n) is 34.6. The van der Waals surface area contributed by atoms with Crippen molar-refractivity contribution in [3.8, 4) is 0 Å². The molecule has 4 heterocycles. The fraction of sp³-hybridized carbons (Fsp3) is 0.409. The zero-order valence-corrected chi connectivity index (χ0v) is 37.2. The number of aromatic nitrogens is 1. The predicted octanol–water partition coefficient (Wildman–Crippen LogP) is 5.87. The Hall–Kier alpha value is -4.87. The van der Waals surface area contributed by atoms with Gasteiger partial charge < -0.3 is 29.4 Å². The zero-order chi connectivity index (χ0) is 42.9. The van der Waals surface area contributed by atoms with E-state index in [1.54, 1.807) is 12.3 Å². The van der Waals surface area contributed by atoms with Crippen molar-refractivity contribution in [2.45, 2.75) is 83.0 Å². The van der Waals surface area contributed by atoms with Gasteiger partial charge in [-0.15, -0.1) is 23.1 Å². The summed E-state index contributed by atoms with van der Waals surface area (Å²) in [5.74, 6) is -2.06. The first-order valence-corrected chi connectivity index (χ1v) is 23.9. The Morgan fingerprint density at radius 3 is 2.22 bits per heavy atom. The largest absolute Gasteiger partial charge is 0.456 e. The highest BCUT2D eigenvalue weighted by Crippen LogP contribution is 2.52. The van der Waals surface area contributed by atoms with Crippen LogP contribution in [0, 0.1) is 22.0 Å². The molecule has 2 N–H and O–H groups in total. The van der Waals surface area contributed by atoms with Crippen LogP contribution in [0.1, 0.15) is 64.0 Å². The first kappa shape index (κ1) is 43.2. The van der Waals surface area contributed by atoms with Crippen LogP contribution in [0.3, 0.4) is 0 Å². The highest BCUT2D eigenvalue weighted by molar-refractivity contribution is 8.03. The van der Waals surface area contributed by atoms with Crippen LogP contribution in [-0.4, -0.2) is 89.1 Å². The van der Waals surface area contributed by atoms with Gasteiger partial charge in [0.1, 0.15) is 18.0 Å². The number of thioether (sulfide) groups is 1. The standard InChI is InChI=1S/C44H51N5O8S2Si/c1-7-30(25-57-60(44(4,5)6,33-14-10-8-11-15-33)34-16-12-9-13-17-34)45-40(51)35-26-58-43(46-35)47-22-32(23-47)59-39-27(2)37-36(28(3)50)41(52)48(37)38(39)42(53)56-24-29-18-20-31(21-19-29)49(54)55/h8-21,26-28,30,32,36-37,50H,7,22-25H2,1-6H3,(H,45,51)/t27-,28-,30+,36-,37-/m1/s1. The molecule has 0 saturated carbocycles. The minimum Gasteiger partial charge on any atom is -0.456 e. The lowest BCUT2D eigenvalue weighted by molar-refractivity contribution is -0.384. The predicted molar refractivity (Wildman–Crippen MR) is 236 cm³/mol. The van der Waals surface area contributed by atoms with Gasteiger partial charge in [0, 0.05) is 46.7 Å². The van der Waals surface area contributed by atoms with Gasteiger partial charge in [0.15, 0.2) is 5.13 Å². The van der Waals surface area contributed by atoms with Gasteiger partial charge >= 0.3 is 5.97 Å². The van der Waals surface area contributed by atoms with Crippen molar-refractivity contribution in [2.24, 2.45) is 11.8 Å². The number of β-lactam (4-membered cyclic amide) rings is 1. The van der Waals surface area contributed by atoms with Gasteiger partial charge in [-0.05, 0) is 46.5 Å². The number of fused-ring (bicyclic) bond motifs is 1. The van der Waals surface area contributed by atoms with Gasteiger partial charge in [0.2, 0.25) is 5.91 Å². The van der Waals surface area contributed by atoms with Crippen LogP contribution in [0.4, 0.5) is 10.8 Å². The van der Waals surface area contributed by atoms with E-state index in [0.29, 0.717) is 37.4 Å². The van der Waals surface area contributed by atoms with Crippen LogP contribution in [0.2, 0.25) is 5.04 Å². The van der Waals surface area contributed by atoms with Crippen LogP contribution in [0.5, 0.6) is 0 Å². The van der Waals surface area contributed by atoms with E-state index >= 15 is 0 Å². The van der Waals surface area contributed by atoms with Gasteiger partial charge in [0.05, 0.1) is 35.6 Å². The van der Waals surface area contributed by atoms with Gasteiger partial charge in [-0.2, -0.15) is 0 Å². The number of esters is 1. The van der Waals surface area contributed by atoms with Crippen LogP contribution in [0.15, 0.2) is 101 Å². The number of aliphatic hydroxyl groups is 1. The smallest absolute Gasteiger partial charge is 0.356 e. The SMILES string of the molecule is CC[C@@H](CO[Si](c1ccccc1)(c1ccccc1)C(C)(C)C)NC(=O)c1csc(N2CC(SC3=C(C(=O)OCc4ccc([N+](=O)[O-])cc4)N4C(=O)[C@H]([C@@H](C)O)[C@H]4[C@H]3C)C2)n1. The summed E-state index contributed by atoms with van der Waals surface area (Å²) in [5.41, 5.74) is 1.03. The van der Waals surface area contributed by atoms with Gasteiger partial charge in [-0.25, -0.2) is 9.78 Å². The van der Waals surface area contributed by atoms with E-state index in [1.807, 2.05) is 26.0 Å². The molecule has 0 spiro atoms. The molecule has 0 unspecified atom stereocenters. The third kappa shape index (κ3) is 8.27. The number of thiazole rings is 1. The minimum absolute atomic E-state index is 0.0701.